The van der Waals surface area contributed by atoms with E-state index >= 15 is 0 Å². The molecule has 4 rings (SSSR count). The molecule has 0 atom stereocenters. The molecule has 0 nitrogen and oxygen atoms in total. The fourth-order valence-corrected chi connectivity index (χ4v) is 3.62. The van der Waals surface area contributed by atoms with Crippen molar-refractivity contribution in [1.29, 1.82) is 0 Å². The van der Waals surface area contributed by atoms with E-state index in [0.29, 0.717) is 0 Å². The van der Waals surface area contributed by atoms with Crippen LogP contribution in [0, 0.1) is 0 Å². The summed E-state index contributed by atoms with van der Waals surface area (Å²) in [5, 5.41) is 2.75. The normalized spacial score (nSPS) is 11.8. The van der Waals surface area contributed by atoms with Gasteiger partial charge >= 0.3 is 0 Å². The second kappa shape index (κ2) is 3.63. The van der Waals surface area contributed by atoms with Crippen molar-refractivity contribution < 1.29 is 0 Å². The molecule has 3 aromatic carbocycles. The van der Waals surface area contributed by atoms with Gasteiger partial charge in [-0.3, -0.25) is 0 Å². The molecule has 1 aliphatic carbocycles. The summed E-state index contributed by atoms with van der Waals surface area (Å²) in [4.78, 5) is 1.37. The Bertz CT molecular complexity index is 766. The molecule has 1 heteroatoms. The smallest absolute Gasteiger partial charge is 0.0154 e. The van der Waals surface area contributed by atoms with Crippen LogP contribution >= 0.6 is 11.8 Å². The topological polar surface area (TPSA) is 0 Å². The van der Waals surface area contributed by atoms with Crippen LogP contribution in [-0.4, -0.2) is 6.26 Å². The Morgan fingerprint density at radius 2 is 1.39 bits per heavy atom. The Balaban J connectivity index is 2.24. The van der Waals surface area contributed by atoms with Crippen molar-refractivity contribution in [2.24, 2.45) is 0 Å². The van der Waals surface area contributed by atoms with Crippen LogP contribution in [-0.2, 0) is 0 Å². The Hall–Kier alpha value is -1.73. The maximum absolute atomic E-state index is 2.25. The molecule has 0 fully saturated rings. The zero-order valence-electron chi connectivity index (χ0n) is 10.1. The Morgan fingerprint density at radius 3 is 2.17 bits per heavy atom. The van der Waals surface area contributed by atoms with E-state index in [1.54, 1.807) is 0 Å². The molecule has 86 valence electrons. The molecule has 0 amide bonds. The molecule has 1 aliphatic rings. The van der Waals surface area contributed by atoms with E-state index in [2.05, 4.69) is 60.9 Å². The zero-order chi connectivity index (χ0) is 12.1. The van der Waals surface area contributed by atoms with Gasteiger partial charge in [0.25, 0.3) is 0 Å². The van der Waals surface area contributed by atoms with Crippen molar-refractivity contribution in [1.82, 2.24) is 0 Å². The first-order valence-electron chi connectivity index (χ1n) is 6.09. The minimum Gasteiger partial charge on any atom is -0.129 e. The predicted molar refractivity (Wildman–Crippen MR) is 80.2 cm³/mol. The third kappa shape index (κ3) is 1.17. The Labute approximate surface area is 111 Å². The standard InChI is InChI=1S/C17H12S/c1-18-15-10-4-8-13-12-7-2-5-11-6-3-9-14(16(11)12)17(13)15/h2-10H,1H3. The molecule has 0 aromatic heterocycles. The predicted octanol–water partition coefficient (Wildman–Crippen LogP) is 5.21. The molecule has 0 radical (unpaired) electrons. The van der Waals surface area contributed by atoms with Gasteiger partial charge in [-0.05, 0) is 39.8 Å². The lowest BCUT2D eigenvalue weighted by Gasteiger charge is -2.06. The SMILES string of the molecule is CSc1cccc2c1-c1cccc3cccc-2c13. The maximum atomic E-state index is 2.25. The number of benzene rings is 3. The molecule has 18 heavy (non-hydrogen) atoms. The number of hydrogen-bond acceptors (Lipinski definition) is 1. The quantitative estimate of drug-likeness (QED) is 0.417. The van der Waals surface area contributed by atoms with Crippen molar-refractivity contribution in [3.63, 3.8) is 0 Å². The van der Waals surface area contributed by atoms with Crippen molar-refractivity contribution in [2.45, 2.75) is 4.90 Å². The van der Waals surface area contributed by atoms with E-state index in [0.717, 1.165) is 0 Å². The third-order valence-corrected chi connectivity index (χ3v) is 4.49. The van der Waals surface area contributed by atoms with Crippen molar-refractivity contribution in [3.8, 4) is 22.3 Å². The minimum absolute atomic E-state index is 1.34. The second-order valence-electron chi connectivity index (χ2n) is 4.59. The van der Waals surface area contributed by atoms with Crippen LogP contribution in [0.2, 0.25) is 0 Å². The van der Waals surface area contributed by atoms with E-state index in [9.17, 15) is 0 Å². The van der Waals surface area contributed by atoms with Gasteiger partial charge in [0.05, 0.1) is 0 Å². The third-order valence-electron chi connectivity index (χ3n) is 3.71. The first-order valence-corrected chi connectivity index (χ1v) is 7.32. The van der Waals surface area contributed by atoms with Gasteiger partial charge in [0.15, 0.2) is 0 Å². The van der Waals surface area contributed by atoms with Gasteiger partial charge in [-0.1, -0.05) is 48.5 Å². The van der Waals surface area contributed by atoms with Crippen LogP contribution in [0.25, 0.3) is 33.0 Å². The highest BCUT2D eigenvalue weighted by Gasteiger charge is 2.22. The molecule has 0 N–H and O–H groups in total. The number of hydrogen-bond donors (Lipinski definition) is 0. The van der Waals surface area contributed by atoms with Crippen LogP contribution in [0.5, 0.6) is 0 Å². The van der Waals surface area contributed by atoms with Crippen molar-refractivity contribution in [3.05, 3.63) is 54.6 Å². The van der Waals surface area contributed by atoms with Gasteiger partial charge < -0.3 is 0 Å². The van der Waals surface area contributed by atoms with Crippen molar-refractivity contribution in [2.75, 3.05) is 6.26 Å². The first-order chi connectivity index (χ1) is 8.90. The molecule has 0 aliphatic heterocycles. The van der Waals surface area contributed by atoms with Crippen molar-refractivity contribution >= 4 is 22.5 Å². The average molecular weight is 248 g/mol. The molecule has 0 heterocycles. The lowest BCUT2D eigenvalue weighted by molar-refractivity contribution is 1.48. The molecule has 0 saturated carbocycles. The second-order valence-corrected chi connectivity index (χ2v) is 5.44. The van der Waals surface area contributed by atoms with Gasteiger partial charge in [-0.25, -0.2) is 0 Å². The number of thioether (sulfide) groups is 1. The van der Waals surface area contributed by atoms with E-state index in [1.165, 1.54) is 37.9 Å². The first kappa shape index (κ1) is 10.2. The fraction of sp³-hybridized carbons (Fsp3) is 0.0588. The monoisotopic (exact) mass is 248 g/mol. The highest BCUT2D eigenvalue weighted by atomic mass is 32.2. The summed E-state index contributed by atoms with van der Waals surface area (Å²) in [7, 11) is 0. The van der Waals surface area contributed by atoms with E-state index in [4.69, 9.17) is 0 Å². The molecule has 0 spiro atoms. The molecular formula is C17H12S. The highest BCUT2D eigenvalue weighted by Crippen LogP contribution is 2.50. The zero-order valence-corrected chi connectivity index (χ0v) is 10.9. The van der Waals surface area contributed by atoms with Crippen LogP contribution < -0.4 is 0 Å². The Kier molecular flexibility index (Phi) is 2.06. The largest absolute Gasteiger partial charge is 0.129 e. The summed E-state index contributed by atoms with van der Waals surface area (Å²) >= 11 is 1.83. The average Bonchev–Trinajstić information content (AvgIpc) is 2.77. The van der Waals surface area contributed by atoms with Gasteiger partial charge in [0.2, 0.25) is 0 Å². The lowest BCUT2D eigenvalue weighted by Crippen LogP contribution is -1.80. The molecular weight excluding hydrogens is 236 g/mol. The number of fused-ring (bicyclic) bond motifs is 3. The molecule has 0 saturated heterocycles. The maximum Gasteiger partial charge on any atom is 0.0154 e. The summed E-state index contributed by atoms with van der Waals surface area (Å²) in [6, 6.07) is 19.8. The van der Waals surface area contributed by atoms with E-state index in [-0.39, 0.29) is 0 Å². The Morgan fingerprint density at radius 1 is 0.722 bits per heavy atom. The highest BCUT2D eigenvalue weighted by molar-refractivity contribution is 7.98. The van der Waals surface area contributed by atoms with Gasteiger partial charge in [0.1, 0.15) is 0 Å². The van der Waals surface area contributed by atoms with E-state index < -0.39 is 0 Å². The molecule has 3 aromatic rings. The van der Waals surface area contributed by atoms with Crippen LogP contribution in [0.3, 0.4) is 0 Å². The van der Waals surface area contributed by atoms with Crippen LogP contribution in [0.4, 0.5) is 0 Å². The van der Waals surface area contributed by atoms with Gasteiger partial charge in [0, 0.05) is 10.5 Å². The summed E-state index contributed by atoms with van der Waals surface area (Å²) < 4.78 is 0. The van der Waals surface area contributed by atoms with Gasteiger partial charge in [-0.2, -0.15) is 0 Å². The molecule has 0 unspecified atom stereocenters. The molecule has 0 bridgehead atoms. The van der Waals surface area contributed by atoms with Crippen LogP contribution in [0.15, 0.2) is 59.5 Å². The summed E-state index contributed by atoms with van der Waals surface area (Å²) in [5.74, 6) is 0. The van der Waals surface area contributed by atoms with E-state index in [1.807, 2.05) is 11.8 Å². The minimum atomic E-state index is 1.34. The summed E-state index contributed by atoms with van der Waals surface area (Å²) in [6.45, 7) is 0. The lowest BCUT2D eigenvalue weighted by atomic mass is 10.0. The fourth-order valence-electron chi connectivity index (χ4n) is 2.98. The summed E-state index contributed by atoms with van der Waals surface area (Å²) in [6.07, 6.45) is 2.15. The number of rotatable bonds is 1. The summed E-state index contributed by atoms with van der Waals surface area (Å²) in [5.41, 5.74) is 5.57. The van der Waals surface area contributed by atoms with Gasteiger partial charge in [-0.15, -0.1) is 11.8 Å². The van der Waals surface area contributed by atoms with Crippen LogP contribution in [0.1, 0.15) is 0 Å².